The zero-order chi connectivity index (χ0) is 15.1. The highest BCUT2D eigenvalue weighted by Crippen LogP contribution is 2.30. The zero-order valence-corrected chi connectivity index (χ0v) is 13.3. The molecule has 2 aromatic carbocycles. The lowest BCUT2D eigenvalue weighted by molar-refractivity contribution is 0.308. The van der Waals surface area contributed by atoms with Crippen molar-refractivity contribution in [1.29, 1.82) is 0 Å². The summed E-state index contributed by atoms with van der Waals surface area (Å²) in [7, 11) is 0. The first kappa shape index (κ1) is 15.8. The van der Waals surface area contributed by atoms with Crippen molar-refractivity contribution in [2.24, 2.45) is 5.73 Å². The number of benzene rings is 2. The Morgan fingerprint density at radius 1 is 1.05 bits per heavy atom. The number of unbranched alkanes of at least 4 members (excludes halogenated alkanes) is 1. The first-order valence-corrected chi connectivity index (χ1v) is 7.71. The van der Waals surface area contributed by atoms with Gasteiger partial charge in [-0.3, -0.25) is 0 Å². The molecule has 0 spiro atoms. The van der Waals surface area contributed by atoms with Crippen LogP contribution < -0.4 is 10.5 Å². The summed E-state index contributed by atoms with van der Waals surface area (Å²) < 4.78 is 5.69. The second-order valence-corrected chi connectivity index (χ2v) is 5.71. The second-order valence-electron chi connectivity index (χ2n) is 4.78. The number of ether oxygens (including phenoxy) is 1. The molecule has 2 nitrogen and oxygen atoms in total. The van der Waals surface area contributed by atoms with E-state index in [1.165, 1.54) is 0 Å². The van der Waals surface area contributed by atoms with E-state index in [0.717, 1.165) is 30.4 Å². The van der Waals surface area contributed by atoms with Gasteiger partial charge in [0.15, 0.2) is 0 Å². The molecule has 0 fully saturated rings. The van der Waals surface area contributed by atoms with Crippen LogP contribution >= 0.6 is 23.8 Å². The average Bonchev–Trinajstić information content (AvgIpc) is 2.49. The number of rotatable bonds is 7. The Labute approximate surface area is 135 Å². The van der Waals surface area contributed by atoms with Crippen molar-refractivity contribution < 1.29 is 4.74 Å². The van der Waals surface area contributed by atoms with Gasteiger partial charge in [0.25, 0.3) is 0 Å². The molecule has 0 aliphatic rings. The average molecular weight is 320 g/mol. The molecule has 110 valence electrons. The predicted molar refractivity (Wildman–Crippen MR) is 93.0 cm³/mol. The predicted octanol–water partition coefficient (Wildman–Crippen LogP) is 4.84. The van der Waals surface area contributed by atoms with Gasteiger partial charge in [-0.15, -0.1) is 0 Å². The Hall–Kier alpha value is -1.58. The molecular formula is C17H18ClNOS. The molecule has 0 aliphatic carbocycles. The van der Waals surface area contributed by atoms with Gasteiger partial charge < -0.3 is 10.5 Å². The molecule has 4 heteroatoms. The minimum Gasteiger partial charge on any atom is -0.492 e. The van der Waals surface area contributed by atoms with E-state index in [-0.39, 0.29) is 0 Å². The van der Waals surface area contributed by atoms with Gasteiger partial charge in [-0.1, -0.05) is 60.2 Å². The molecule has 0 heterocycles. The number of thiocarbonyl (C=S) groups is 1. The lowest BCUT2D eigenvalue weighted by Crippen LogP contribution is -2.08. The molecule has 0 aliphatic heterocycles. The Morgan fingerprint density at radius 3 is 2.48 bits per heavy atom. The van der Waals surface area contributed by atoms with E-state index in [4.69, 9.17) is 34.3 Å². The van der Waals surface area contributed by atoms with Gasteiger partial charge in [-0.25, -0.2) is 0 Å². The highest BCUT2D eigenvalue weighted by molar-refractivity contribution is 7.80. The minimum atomic E-state index is 0.556. The molecule has 0 aromatic heterocycles. The van der Waals surface area contributed by atoms with Gasteiger partial charge in [0.1, 0.15) is 5.75 Å². The highest BCUT2D eigenvalue weighted by atomic mass is 35.5. The molecule has 0 saturated heterocycles. The standard InChI is InChI=1S/C17H18ClNOS/c18-15-12-14(13-6-2-1-3-7-13)9-10-16(15)20-11-5-4-8-17(19)21/h1-3,6-7,9-10,12H,4-5,8,11H2,(H2,19,21). The van der Waals surface area contributed by atoms with Crippen LogP contribution in [0.3, 0.4) is 0 Å². The van der Waals surface area contributed by atoms with Gasteiger partial charge >= 0.3 is 0 Å². The van der Waals surface area contributed by atoms with Crippen LogP contribution in [0.5, 0.6) is 5.75 Å². The van der Waals surface area contributed by atoms with E-state index in [9.17, 15) is 0 Å². The van der Waals surface area contributed by atoms with Crippen LogP contribution in [0, 0.1) is 0 Å². The maximum absolute atomic E-state index is 6.28. The lowest BCUT2D eigenvalue weighted by Gasteiger charge is -2.09. The van der Waals surface area contributed by atoms with Crippen LogP contribution in [0.2, 0.25) is 5.02 Å². The fraction of sp³-hybridized carbons (Fsp3) is 0.235. The lowest BCUT2D eigenvalue weighted by atomic mass is 10.1. The zero-order valence-electron chi connectivity index (χ0n) is 11.7. The van der Waals surface area contributed by atoms with E-state index >= 15 is 0 Å². The Balaban J connectivity index is 1.92. The molecule has 0 saturated carbocycles. The largest absolute Gasteiger partial charge is 0.492 e. The van der Waals surface area contributed by atoms with Gasteiger partial charge in [0.2, 0.25) is 0 Å². The minimum absolute atomic E-state index is 0.556. The van der Waals surface area contributed by atoms with Crippen LogP contribution in [0.15, 0.2) is 48.5 Å². The van der Waals surface area contributed by atoms with Crippen molar-refractivity contribution in [3.63, 3.8) is 0 Å². The molecule has 0 unspecified atom stereocenters. The SMILES string of the molecule is NC(=S)CCCCOc1ccc(-c2ccccc2)cc1Cl. The van der Waals surface area contributed by atoms with Gasteiger partial charge in [0.05, 0.1) is 16.6 Å². The molecule has 0 radical (unpaired) electrons. The molecule has 2 rings (SSSR count). The van der Waals surface area contributed by atoms with Crippen LogP contribution in [0.25, 0.3) is 11.1 Å². The van der Waals surface area contributed by atoms with Crippen molar-refractivity contribution in [1.82, 2.24) is 0 Å². The van der Waals surface area contributed by atoms with E-state index < -0.39 is 0 Å². The summed E-state index contributed by atoms with van der Waals surface area (Å²) >= 11 is 11.1. The van der Waals surface area contributed by atoms with Crippen LogP contribution in [-0.2, 0) is 0 Å². The molecule has 0 amide bonds. The Kier molecular flexibility index (Phi) is 6.03. The van der Waals surface area contributed by atoms with Crippen molar-refractivity contribution in [2.45, 2.75) is 19.3 Å². The third kappa shape index (κ3) is 5.03. The first-order chi connectivity index (χ1) is 10.2. The third-order valence-corrected chi connectivity index (χ3v) is 3.61. The van der Waals surface area contributed by atoms with E-state index in [1.54, 1.807) is 0 Å². The molecule has 0 atom stereocenters. The van der Waals surface area contributed by atoms with E-state index in [2.05, 4.69) is 12.1 Å². The first-order valence-electron chi connectivity index (χ1n) is 6.93. The van der Waals surface area contributed by atoms with Gasteiger partial charge in [0, 0.05) is 0 Å². The number of nitrogens with two attached hydrogens (primary N) is 1. The van der Waals surface area contributed by atoms with Crippen molar-refractivity contribution in [3.8, 4) is 16.9 Å². The number of halogens is 1. The van der Waals surface area contributed by atoms with Crippen LogP contribution in [-0.4, -0.2) is 11.6 Å². The van der Waals surface area contributed by atoms with Crippen molar-refractivity contribution in [3.05, 3.63) is 53.6 Å². The normalized spacial score (nSPS) is 10.3. The molecule has 2 aromatic rings. The summed E-state index contributed by atoms with van der Waals surface area (Å²) in [4.78, 5) is 0.556. The number of hydrogen-bond acceptors (Lipinski definition) is 2. The van der Waals surface area contributed by atoms with Crippen LogP contribution in [0.1, 0.15) is 19.3 Å². The highest BCUT2D eigenvalue weighted by Gasteiger charge is 2.04. The Morgan fingerprint density at radius 2 is 1.81 bits per heavy atom. The third-order valence-electron chi connectivity index (χ3n) is 3.11. The summed E-state index contributed by atoms with van der Waals surface area (Å²) in [5.41, 5.74) is 7.68. The van der Waals surface area contributed by atoms with Crippen molar-refractivity contribution in [2.75, 3.05) is 6.61 Å². The van der Waals surface area contributed by atoms with Gasteiger partial charge in [-0.05, 0) is 42.5 Å². The van der Waals surface area contributed by atoms with Crippen molar-refractivity contribution >= 4 is 28.8 Å². The molecule has 0 bridgehead atoms. The monoisotopic (exact) mass is 319 g/mol. The second kappa shape index (κ2) is 8.01. The van der Waals surface area contributed by atoms with E-state index in [0.29, 0.717) is 22.4 Å². The van der Waals surface area contributed by atoms with Crippen LogP contribution in [0.4, 0.5) is 0 Å². The fourth-order valence-corrected chi connectivity index (χ4v) is 2.39. The summed E-state index contributed by atoms with van der Waals surface area (Å²) in [5.74, 6) is 0.715. The fourth-order valence-electron chi connectivity index (χ4n) is 2.01. The molecule has 2 N–H and O–H groups in total. The number of hydrogen-bond donors (Lipinski definition) is 1. The quantitative estimate of drug-likeness (QED) is 0.585. The summed E-state index contributed by atoms with van der Waals surface area (Å²) in [6.07, 6.45) is 2.61. The Bertz CT molecular complexity index is 601. The summed E-state index contributed by atoms with van der Waals surface area (Å²) in [5, 5.41) is 0.630. The maximum atomic E-state index is 6.28. The van der Waals surface area contributed by atoms with E-state index in [1.807, 2.05) is 36.4 Å². The molecule has 21 heavy (non-hydrogen) atoms. The summed E-state index contributed by atoms with van der Waals surface area (Å²) in [6, 6.07) is 16.0. The van der Waals surface area contributed by atoms with Gasteiger partial charge in [-0.2, -0.15) is 0 Å². The summed E-state index contributed by atoms with van der Waals surface area (Å²) in [6.45, 7) is 0.618. The maximum Gasteiger partial charge on any atom is 0.137 e. The molecular weight excluding hydrogens is 302 g/mol. The topological polar surface area (TPSA) is 35.2 Å². The smallest absolute Gasteiger partial charge is 0.137 e.